The molecule has 0 amide bonds. The molecule has 0 saturated heterocycles. The minimum absolute atomic E-state index is 0.918. The van der Waals surface area contributed by atoms with Crippen molar-refractivity contribution < 1.29 is 0 Å². The van der Waals surface area contributed by atoms with Gasteiger partial charge in [0, 0.05) is 34.7 Å². The van der Waals surface area contributed by atoms with Crippen LogP contribution in [-0.2, 0) is 0 Å². The van der Waals surface area contributed by atoms with E-state index in [2.05, 4.69) is 38.1 Å². The molecule has 5 aromatic rings. The van der Waals surface area contributed by atoms with Gasteiger partial charge < -0.3 is 4.98 Å². The fourth-order valence-electron chi connectivity index (χ4n) is 3.06. The van der Waals surface area contributed by atoms with Crippen molar-refractivity contribution in [3.8, 4) is 0 Å². The Kier molecular flexibility index (Phi) is 1.92. The average molecular weight is 270 g/mol. The number of pyridine rings is 2. The highest BCUT2D eigenvalue weighted by atomic mass is 14.9. The predicted molar refractivity (Wildman–Crippen MR) is 84.2 cm³/mol. The second-order valence-electron chi connectivity index (χ2n) is 5.15. The molecular weight excluding hydrogens is 260 g/mol. The van der Waals surface area contributed by atoms with Crippen molar-refractivity contribution in [1.82, 2.24) is 19.9 Å². The van der Waals surface area contributed by atoms with Crippen LogP contribution < -0.4 is 0 Å². The summed E-state index contributed by atoms with van der Waals surface area (Å²) in [6, 6.07) is 10.5. The third-order valence-electron chi connectivity index (χ3n) is 4.01. The number of fused-ring (bicyclic) bond motifs is 7. The summed E-state index contributed by atoms with van der Waals surface area (Å²) in [4.78, 5) is 16.4. The van der Waals surface area contributed by atoms with Crippen molar-refractivity contribution in [3.63, 3.8) is 0 Å². The van der Waals surface area contributed by atoms with Crippen molar-refractivity contribution in [1.29, 1.82) is 0 Å². The quantitative estimate of drug-likeness (QED) is 0.344. The third kappa shape index (κ3) is 1.36. The number of benzene rings is 2. The first-order chi connectivity index (χ1) is 10.4. The molecule has 1 N–H and O–H groups in total. The smallest absolute Gasteiger partial charge is 0.117 e. The molecule has 0 aliphatic carbocycles. The van der Waals surface area contributed by atoms with Gasteiger partial charge in [0.2, 0.25) is 0 Å². The van der Waals surface area contributed by atoms with Crippen LogP contribution in [0.3, 0.4) is 0 Å². The molecule has 2 aromatic carbocycles. The van der Waals surface area contributed by atoms with Crippen LogP contribution in [-0.4, -0.2) is 19.9 Å². The van der Waals surface area contributed by atoms with Gasteiger partial charge >= 0.3 is 0 Å². The van der Waals surface area contributed by atoms with Crippen LogP contribution in [0, 0.1) is 0 Å². The first-order valence-corrected chi connectivity index (χ1v) is 6.79. The Morgan fingerprint density at radius 1 is 0.857 bits per heavy atom. The van der Waals surface area contributed by atoms with E-state index < -0.39 is 0 Å². The van der Waals surface area contributed by atoms with Crippen LogP contribution in [0.15, 0.2) is 55.2 Å². The van der Waals surface area contributed by atoms with Gasteiger partial charge in [-0.2, -0.15) is 0 Å². The van der Waals surface area contributed by atoms with Gasteiger partial charge in [-0.15, -0.1) is 0 Å². The van der Waals surface area contributed by atoms with Crippen LogP contribution in [0.2, 0.25) is 0 Å². The lowest BCUT2D eigenvalue weighted by molar-refractivity contribution is 1.34. The minimum atomic E-state index is 0.918. The molecule has 0 unspecified atom stereocenters. The maximum atomic E-state index is 4.45. The summed E-state index contributed by atoms with van der Waals surface area (Å²) >= 11 is 0. The standard InChI is InChI=1S/C17H10N4/c1-2-12-13-6-10-3-5-18-8-11(10)7-14(13)16-17(21-9-20-16)15(12)19-4-1/h1-9,19H. The number of nitrogens with one attached hydrogen (secondary N) is 1. The lowest BCUT2D eigenvalue weighted by atomic mass is 10.00. The zero-order valence-corrected chi connectivity index (χ0v) is 11.0. The molecule has 21 heavy (non-hydrogen) atoms. The lowest BCUT2D eigenvalue weighted by Crippen LogP contribution is -1.86. The van der Waals surface area contributed by atoms with Gasteiger partial charge in [0.25, 0.3) is 0 Å². The molecule has 0 radical (unpaired) electrons. The molecule has 0 saturated carbocycles. The van der Waals surface area contributed by atoms with Gasteiger partial charge in [-0.1, -0.05) is 6.07 Å². The molecule has 4 nitrogen and oxygen atoms in total. The number of rotatable bonds is 0. The molecule has 98 valence electrons. The van der Waals surface area contributed by atoms with E-state index in [1.54, 1.807) is 6.33 Å². The number of hydrogen-bond acceptors (Lipinski definition) is 3. The van der Waals surface area contributed by atoms with Crippen LogP contribution in [0.4, 0.5) is 0 Å². The highest BCUT2D eigenvalue weighted by Crippen LogP contribution is 2.34. The number of imidazole rings is 1. The maximum Gasteiger partial charge on any atom is 0.117 e. The van der Waals surface area contributed by atoms with Gasteiger partial charge in [0.1, 0.15) is 17.4 Å². The van der Waals surface area contributed by atoms with Crippen LogP contribution >= 0.6 is 0 Å². The number of aromatic amines is 1. The molecule has 0 atom stereocenters. The van der Waals surface area contributed by atoms with Gasteiger partial charge in [0.05, 0.1) is 5.52 Å². The first-order valence-electron chi connectivity index (χ1n) is 6.79. The Hall–Kier alpha value is -3.01. The molecular formula is C17H10N4. The Morgan fingerprint density at radius 2 is 1.76 bits per heavy atom. The Morgan fingerprint density at radius 3 is 2.76 bits per heavy atom. The molecule has 0 spiro atoms. The molecule has 0 bridgehead atoms. The van der Waals surface area contributed by atoms with E-state index >= 15 is 0 Å². The topological polar surface area (TPSA) is 54.5 Å². The highest BCUT2D eigenvalue weighted by Gasteiger charge is 2.12. The Balaban J connectivity index is 2.18. The zero-order chi connectivity index (χ0) is 13.8. The monoisotopic (exact) mass is 270 g/mol. The van der Waals surface area contributed by atoms with Crippen molar-refractivity contribution >= 4 is 43.5 Å². The molecule has 0 fully saturated rings. The van der Waals surface area contributed by atoms with Gasteiger partial charge in [-0.3, -0.25) is 4.98 Å². The number of nitrogens with zero attached hydrogens (tertiary/aromatic N) is 3. The van der Waals surface area contributed by atoms with E-state index in [1.165, 1.54) is 16.2 Å². The van der Waals surface area contributed by atoms with Crippen LogP contribution in [0.25, 0.3) is 43.5 Å². The fraction of sp³-hybridized carbons (Fsp3) is 0. The van der Waals surface area contributed by atoms with E-state index in [0.717, 1.165) is 27.3 Å². The van der Waals surface area contributed by atoms with E-state index in [1.807, 2.05) is 30.7 Å². The molecule has 0 aliphatic rings. The molecule has 3 aromatic heterocycles. The largest absolute Gasteiger partial charge is 0.359 e. The fourth-order valence-corrected chi connectivity index (χ4v) is 3.06. The van der Waals surface area contributed by atoms with Crippen molar-refractivity contribution in [2.45, 2.75) is 0 Å². The van der Waals surface area contributed by atoms with Gasteiger partial charge in [-0.25, -0.2) is 9.97 Å². The predicted octanol–water partition coefficient (Wildman–Crippen LogP) is 3.81. The summed E-state index contributed by atoms with van der Waals surface area (Å²) < 4.78 is 0. The normalized spacial score (nSPS) is 11.8. The van der Waals surface area contributed by atoms with Crippen molar-refractivity contribution in [3.05, 3.63) is 55.2 Å². The summed E-state index contributed by atoms with van der Waals surface area (Å²) in [5, 5.41) is 5.78. The number of aromatic nitrogens is 4. The van der Waals surface area contributed by atoms with E-state index in [4.69, 9.17) is 0 Å². The van der Waals surface area contributed by atoms with Crippen molar-refractivity contribution in [2.24, 2.45) is 0 Å². The summed E-state index contributed by atoms with van der Waals surface area (Å²) in [7, 11) is 0. The maximum absolute atomic E-state index is 4.45. The molecule has 0 aliphatic heterocycles. The van der Waals surface area contributed by atoms with E-state index in [0.29, 0.717) is 0 Å². The molecule has 4 heteroatoms. The summed E-state index contributed by atoms with van der Waals surface area (Å²) in [5.74, 6) is 0. The summed E-state index contributed by atoms with van der Waals surface area (Å²) in [6.45, 7) is 0. The van der Waals surface area contributed by atoms with Gasteiger partial charge in [0.15, 0.2) is 0 Å². The zero-order valence-electron chi connectivity index (χ0n) is 11.0. The average Bonchev–Trinajstić information content (AvgIpc) is 3.03. The molecule has 5 rings (SSSR count). The van der Waals surface area contributed by atoms with Gasteiger partial charge in [-0.05, 0) is 35.0 Å². The lowest BCUT2D eigenvalue weighted by Gasteiger charge is -2.07. The van der Waals surface area contributed by atoms with E-state index in [-0.39, 0.29) is 0 Å². The van der Waals surface area contributed by atoms with Crippen LogP contribution in [0.5, 0.6) is 0 Å². The summed E-state index contributed by atoms with van der Waals surface area (Å²) in [6.07, 6.45) is 7.26. The Labute approximate surface area is 119 Å². The summed E-state index contributed by atoms with van der Waals surface area (Å²) in [5.41, 5.74) is 2.89. The second-order valence-corrected chi connectivity index (χ2v) is 5.15. The second kappa shape index (κ2) is 3.76. The van der Waals surface area contributed by atoms with E-state index in [9.17, 15) is 0 Å². The highest BCUT2D eigenvalue weighted by molar-refractivity contribution is 6.24. The minimum Gasteiger partial charge on any atom is -0.359 e. The Bertz CT molecular complexity index is 1140. The first kappa shape index (κ1) is 10.7. The number of H-pyrrole nitrogens is 1. The molecule has 3 heterocycles. The SMILES string of the molecule is c1c[nH]c2c(c1)c1cc3ccncc3cc1c1ncnc12. The van der Waals surface area contributed by atoms with Crippen molar-refractivity contribution in [2.75, 3.05) is 0 Å². The van der Waals surface area contributed by atoms with Crippen LogP contribution in [0.1, 0.15) is 0 Å². The third-order valence-corrected chi connectivity index (χ3v) is 4.01. The number of hydrogen-bond donors (Lipinski definition) is 1.